The van der Waals surface area contributed by atoms with Crippen molar-refractivity contribution in [2.24, 2.45) is 0 Å². The number of aromatic amines is 1. The topological polar surface area (TPSA) is 78.4 Å². The molecule has 1 saturated heterocycles. The van der Waals surface area contributed by atoms with Crippen molar-refractivity contribution in [2.75, 3.05) is 45.7 Å². The molecule has 1 amide bonds. The Bertz CT molecular complexity index is 1120. The molecule has 9 heteroatoms. The van der Waals surface area contributed by atoms with Gasteiger partial charge in [0.05, 0.1) is 7.11 Å². The van der Waals surface area contributed by atoms with Crippen molar-refractivity contribution in [2.45, 2.75) is 13.1 Å². The van der Waals surface area contributed by atoms with E-state index < -0.39 is 0 Å². The van der Waals surface area contributed by atoms with Gasteiger partial charge in [-0.15, -0.1) is 0 Å². The first kappa shape index (κ1) is 22.2. The summed E-state index contributed by atoms with van der Waals surface area (Å²) < 4.78 is 7.30. The third-order valence-corrected chi connectivity index (χ3v) is 5.93. The summed E-state index contributed by atoms with van der Waals surface area (Å²) in [6.45, 7) is 5.22. The zero-order valence-electron chi connectivity index (χ0n) is 18.4. The molecule has 0 atom stereocenters. The molecule has 2 N–H and O–H groups in total. The number of likely N-dealkylation sites (N-methyl/N-ethyl adjacent to an activating group) is 1. The Kier molecular flexibility index (Phi) is 6.99. The first-order valence-corrected chi connectivity index (χ1v) is 11.0. The van der Waals surface area contributed by atoms with Crippen LogP contribution in [0.2, 0.25) is 0 Å². The standard InChI is InChI=1S/C23H28N6O2S/c1-27-10-12-28(13-11-27)15-17-4-3-5-19(14-17)24-21(30)16-29-22(25-26-23(29)32)18-6-8-20(31-2)9-7-18/h3-9,14H,10-13,15-16H2,1-2H3,(H,24,30)(H,26,32). The molecule has 3 aromatic rings. The van der Waals surface area contributed by atoms with E-state index in [1.807, 2.05) is 42.5 Å². The van der Waals surface area contributed by atoms with Gasteiger partial charge in [-0.2, -0.15) is 5.10 Å². The van der Waals surface area contributed by atoms with Crippen LogP contribution in [0.15, 0.2) is 48.5 Å². The number of anilines is 1. The fraction of sp³-hybridized carbons (Fsp3) is 0.348. The van der Waals surface area contributed by atoms with Crippen LogP contribution in [0.1, 0.15) is 5.56 Å². The lowest BCUT2D eigenvalue weighted by molar-refractivity contribution is -0.116. The molecule has 2 heterocycles. The maximum Gasteiger partial charge on any atom is 0.244 e. The van der Waals surface area contributed by atoms with Crippen LogP contribution in [0.25, 0.3) is 11.4 Å². The van der Waals surface area contributed by atoms with Crippen molar-refractivity contribution >= 4 is 23.8 Å². The average Bonchev–Trinajstić information content (AvgIpc) is 3.15. The number of ether oxygens (including phenoxy) is 1. The van der Waals surface area contributed by atoms with Crippen molar-refractivity contribution in [1.29, 1.82) is 0 Å². The van der Waals surface area contributed by atoms with Gasteiger partial charge in [-0.25, -0.2) is 0 Å². The lowest BCUT2D eigenvalue weighted by Crippen LogP contribution is -2.43. The van der Waals surface area contributed by atoms with Gasteiger partial charge in [-0.05, 0) is 61.2 Å². The molecular weight excluding hydrogens is 424 g/mol. The highest BCUT2D eigenvalue weighted by molar-refractivity contribution is 7.71. The Morgan fingerprint density at radius 1 is 1.16 bits per heavy atom. The third kappa shape index (κ3) is 5.42. The zero-order valence-corrected chi connectivity index (χ0v) is 19.2. The first-order valence-electron chi connectivity index (χ1n) is 10.6. The number of hydrogen-bond donors (Lipinski definition) is 2. The molecule has 0 unspecified atom stereocenters. The summed E-state index contributed by atoms with van der Waals surface area (Å²) in [6, 6.07) is 15.5. The number of aromatic nitrogens is 3. The Balaban J connectivity index is 1.42. The number of carbonyl (C=O) groups excluding carboxylic acids is 1. The van der Waals surface area contributed by atoms with Crippen molar-refractivity contribution in [3.8, 4) is 17.1 Å². The molecule has 1 aliphatic rings. The molecule has 1 fully saturated rings. The molecule has 32 heavy (non-hydrogen) atoms. The second-order valence-electron chi connectivity index (χ2n) is 7.99. The molecule has 0 aliphatic carbocycles. The van der Waals surface area contributed by atoms with E-state index in [9.17, 15) is 4.79 Å². The normalized spacial score (nSPS) is 14.9. The van der Waals surface area contributed by atoms with E-state index in [-0.39, 0.29) is 12.5 Å². The molecular formula is C23H28N6O2S. The van der Waals surface area contributed by atoms with Gasteiger partial charge in [0.25, 0.3) is 0 Å². The molecule has 0 saturated carbocycles. The second kappa shape index (κ2) is 10.1. The number of amides is 1. The predicted molar refractivity (Wildman–Crippen MR) is 127 cm³/mol. The monoisotopic (exact) mass is 452 g/mol. The van der Waals surface area contributed by atoms with Gasteiger partial charge in [-0.3, -0.25) is 19.4 Å². The SMILES string of the molecule is COc1ccc(-c2n[nH]c(=S)n2CC(=O)Nc2cccc(CN3CCN(C)CC3)c2)cc1. The summed E-state index contributed by atoms with van der Waals surface area (Å²) in [7, 11) is 3.77. The number of benzene rings is 2. The minimum Gasteiger partial charge on any atom is -0.497 e. The van der Waals surface area contributed by atoms with Crippen molar-refractivity contribution in [1.82, 2.24) is 24.6 Å². The smallest absolute Gasteiger partial charge is 0.244 e. The van der Waals surface area contributed by atoms with Gasteiger partial charge < -0.3 is 15.0 Å². The summed E-state index contributed by atoms with van der Waals surface area (Å²) in [5, 5.41) is 10.1. The number of carbonyl (C=O) groups is 1. The summed E-state index contributed by atoms with van der Waals surface area (Å²) >= 11 is 5.36. The van der Waals surface area contributed by atoms with Gasteiger partial charge >= 0.3 is 0 Å². The van der Waals surface area contributed by atoms with Gasteiger partial charge in [0, 0.05) is 44.0 Å². The molecule has 8 nitrogen and oxygen atoms in total. The largest absolute Gasteiger partial charge is 0.497 e. The Labute approximate surface area is 192 Å². The van der Waals surface area contributed by atoms with Crippen LogP contribution in [0.4, 0.5) is 5.69 Å². The van der Waals surface area contributed by atoms with E-state index in [0.29, 0.717) is 10.6 Å². The number of H-pyrrole nitrogens is 1. The van der Waals surface area contributed by atoms with E-state index in [1.54, 1.807) is 11.7 Å². The quantitative estimate of drug-likeness (QED) is 0.537. The lowest BCUT2D eigenvalue weighted by atomic mass is 10.1. The highest BCUT2D eigenvalue weighted by Crippen LogP contribution is 2.21. The van der Waals surface area contributed by atoms with Crippen LogP contribution in [0, 0.1) is 4.77 Å². The molecule has 0 radical (unpaired) electrons. The van der Waals surface area contributed by atoms with E-state index in [2.05, 4.69) is 38.4 Å². The molecule has 2 aromatic carbocycles. The molecule has 1 aromatic heterocycles. The molecule has 1 aliphatic heterocycles. The lowest BCUT2D eigenvalue weighted by Gasteiger charge is -2.32. The molecule has 4 rings (SSSR count). The van der Waals surface area contributed by atoms with Gasteiger partial charge in [-0.1, -0.05) is 12.1 Å². The van der Waals surface area contributed by atoms with Crippen LogP contribution in [0.3, 0.4) is 0 Å². The summed E-state index contributed by atoms with van der Waals surface area (Å²) in [6.07, 6.45) is 0. The van der Waals surface area contributed by atoms with E-state index >= 15 is 0 Å². The van der Waals surface area contributed by atoms with E-state index in [0.717, 1.165) is 49.7 Å². The average molecular weight is 453 g/mol. The highest BCUT2D eigenvalue weighted by atomic mass is 32.1. The number of piperazine rings is 1. The second-order valence-corrected chi connectivity index (χ2v) is 8.38. The fourth-order valence-electron chi connectivity index (χ4n) is 3.78. The third-order valence-electron chi connectivity index (χ3n) is 5.62. The summed E-state index contributed by atoms with van der Waals surface area (Å²) in [5.41, 5.74) is 2.81. The number of rotatable bonds is 7. The number of hydrogen-bond acceptors (Lipinski definition) is 6. The van der Waals surface area contributed by atoms with Crippen LogP contribution >= 0.6 is 12.2 Å². The van der Waals surface area contributed by atoms with Crippen molar-refractivity contribution in [3.63, 3.8) is 0 Å². The molecule has 0 bridgehead atoms. The van der Waals surface area contributed by atoms with E-state index in [4.69, 9.17) is 17.0 Å². The minimum absolute atomic E-state index is 0.0688. The Morgan fingerprint density at radius 2 is 1.91 bits per heavy atom. The number of methoxy groups -OCH3 is 1. The van der Waals surface area contributed by atoms with Crippen molar-refractivity contribution in [3.05, 3.63) is 58.9 Å². The molecule has 168 valence electrons. The summed E-state index contributed by atoms with van der Waals surface area (Å²) in [5.74, 6) is 1.20. The van der Waals surface area contributed by atoms with Gasteiger partial charge in [0.2, 0.25) is 5.91 Å². The van der Waals surface area contributed by atoms with Crippen LogP contribution in [-0.4, -0.2) is 70.8 Å². The van der Waals surface area contributed by atoms with Gasteiger partial charge in [0.15, 0.2) is 10.6 Å². The fourth-order valence-corrected chi connectivity index (χ4v) is 3.98. The maximum atomic E-state index is 12.8. The number of nitrogens with zero attached hydrogens (tertiary/aromatic N) is 4. The van der Waals surface area contributed by atoms with Crippen LogP contribution in [0.5, 0.6) is 5.75 Å². The maximum absolute atomic E-state index is 12.8. The highest BCUT2D eigenvalue weighted by Gasteiger charge is 2.15. The van der Waals surface area contributed by atoms with Crippen LogP contribution in [-0.2, 0) is 17.9 Å². The molecule has 0 spiro atoms. The Morgan fingerprint density at radius 3 is 2.62 bits per heavy atom. The predicted octanol–water partition coefficient (Wildman–Crippen LogP) is 3.00. The summed E-state index contributed by atoms with van der Waals surface area (Å²) in [4.78, 5) is 17.6. The van der Waals surface area contributed by atoms with Crippen molar-refractivity contribution < 1.29 is 9.53 Å². The zero-order chi connectivity index (χ0) is 22.5. The van der Waals surface area contributed by atoms with Gasteiger partial charge in [0.1, 0.15) is 12.3 Å². The minimum atomic E-state index is -0.158. The van der Waals surface area contributed by atoms with Crippen LogP contribution < -0.4 is 10.1 Å². The number of nitrogens with one attached hydrogen (secondary N) is 2. The Hall–Kier alpha value is -3.01. The first-order chi connectivity index (χ1) is 15.5. The van der Waals surface area contributed by atoms with E-state index in [1.165, 1.54) is 5.56 Å².